The molecule has 0 aliphatic heterocycles. The second-order valence-corrected chi connectivity index (χ2v) is 4.83. The molecule has 1 aromatic heterocycles. The molecule has 1 saturated carbocycles. The molecule has 5 heteroatoms. The highest BCUT2D eigenvalue weighted by Crippen LogP contribution is 2.38. The molecule has 0 spiro atoms. The van der Waals surface area contributed by atoms with E-state index in [1.54, 1.807) is 10.7 Å². The van der Waals surface area contributed by atoms with Gasteiger partial charge < -0.3 is 5.11 Å². The summed E-state index contributed by atoms with van der Waals surface area (Å²) in [6, 6.07) is 6.14. The van der Waals surface area contributed by atoms with E-state index < -0.39 is 11.8 Å². The lowest BCUT2D eigenvalue weighted by atomic mass is 10.1. The van der Waals surface area contributed by atoms with Crippen molar-refractivity contribution in [3.05, 3.63) is 53.1 Å². The number of rotatable bonds is 4. The summed E-state index contributed by atoms with van der Waals surface area (Å²) in [4.78, 5) is 10.7. The summed E-state index contributed by atoms with van der Waals surface area (Å²) in [6.07, 6.45) is 4.26. The van der Waals surface area contributed by atoms with Crippen LogP contribution in [-0.2, 0) is 6.54 Å². The molecule has 0 unspecified atom stereocenters. The molecule has 0 amide bonds. The Morgan fingerprint density at radius 2 is 2.21 bits per heavy atom. The lowest BCUT2D eigenvalue weighted by Gasteiger charge is -2.04. The van der Waals surface area contributed by atoms with E-state index in [-0.39, 0.29) is 5.56 Å². The van der Waals surface area contributed by atoms with Gasteiger partial charge in [-0.05, 0) is 36.6 Å². The molecule has 1 aliphatic rings. The van der Waals surface area contributed by atoms with Gasteiger partial charge in [-0.1, -0.05) is 6.07 Å². The van der Waals surface area contributed by atoms with Crippen molar-refractivity contribution in [2.75, 3.05) is 0 Å². The Labute approximate surface area is 109 Å². The molecule has 1 fully saturated rings. The van der Waals surface area contributed by atoms with Gasteiger partial charge in [0, 0.05) is 12.1 Å². The molecule has 0 saturated heterocycles. The third-order valence-electron chi connectivity index (χ3n) is 3.27. The number of carboxylic acid groups (broad SMARTS) is 1. The van der Waals surface area contributed by atoms with Gasteiger partial charge in [-0.25, -0.2) is 9.18 Å². The van der Waals surface area contributed by atoms with Crippen LogP contribution in [0.5, 0.6) is 0 Å². The fraction of sp³-hybridized carbons (Fsp3) is 0.286. The van der Waals surface area contributed by atoms with Crippen molar-refractivity contribution in [1.29, 1.82) is 0 Å². The first-order valence-corrected chi connectivity index (χ1v) is 6.18. The summed E-state index contributed by atoms with van der Waals surface area (Å²) in [5.74, 6) is -1.37. The maximum atomic E-state index is 13.5. The van der Waals surface area contributed by atoms with E-state index in [9.17, 15) is 9.18 Å². The Bertz CT molecular complexity index is 632. The first-order chi connectivity index (χ1) is 9.13. The quantitative estimate of drug-likeness (QED) is 0.919. The Kier molecular flexibility index (Phi) is 2.81. The summed E-state index contributed by atoms with van der Waals surface area (Å²) >= 11 is 0. The number of nitrogens with zero attached hydrogens (tertiary/aromatic N) is 2. The van der Waals surface area contributed by atoms with Crippen molar-refractivity contribution in [3.8, 4) is 0 Å². The summed E-state index contributed by atoms with van der Waals surface area (Å²) in [7, 11) is 0. The lowest BCUT2D eigenvalue weighted by Crippen LogP contribution is -2.04. The van der Waals surface area contributed by atoms with E-state index in [1.165, 1.54) is 25.0 Å². The molecule has 0 bridgehead atoms. The number of halogens is 1. The molecule has 1 N–H and O–H groups in total. The van der Waals surface area contributed by atoms with Crippen molar-refractivity contribution in [1.82, 2.24) is 9.78 Å². The third kappa shape index (κ3) is 2.50. The average molecular weight is 260 g/mol. The molecule has 19 heavy (non-hydrogen) atoms. The second kappa shape index (κ2) is 4.50. The fourth-order valence-corrected chi connectivity index (χ4v) is 2.08. The van der Waals surface area contributed by atoms with Gasteiger partial charge in [-0.15, -0.1) is 0 Å². The van der Waals surface area contributed by atoms with Gasteiger partial charge in [0.2, 0.25) is 0 Å². The zero-order valence-corrected chi connectivity index (χ0v) is 10.2. The summed E-state index contributed by atoms with van der Waals surface area (Å²) in [5, 5.41) is 13.2. The zero-order chi connectivity index (χ0) is 13.4. The molecule has 1 aliphatic carbocycles. The predicted molar refractivity (Wildman–Crippen MR) is 66.7 cm³/mol. The van der Waals surface area contributed by atoms with Gasteiger partial charge in [0.1, 0.15) is 5.82 Å². The molecule has 4 nitrogen and oxygen atoms in total. The van der Waals surface area contributed by atoms with Gasteiger partial charge >= 0.3 is 5.97 Å². The number of carbonyl (C=O) groups is 1. The van der Waals surface area contributed by atoms with E-state index >= 15 is 0 Å². The van der Waals surface area contributed by atoms with E-state index in [4.69, 9.17) is 5.11 Å². The van der Waals surface area contributed by atoms with Crippen LogP contribution in [0.15, 0.2) is 30.5 Å². The summed E-state index contributed by atoms with van der Waals surface area (Å²) in [5.41, 5.74) is 1.48. The first kappa shape index (κ1) is 11.9. The van der Waals surface area contributed by atoms with Crippen molar-refractivity contribution >= 4 is 5.97 Å². The van der Waals surface area contributed by atoms with Crippen LogP contribution in [0, 0.1) is 5.82 Å². The van der Waals surface area contributed by atoms with Crippen molar-refractivity contribution in [3.63, 3.8) is 0 Å². The van der Waals surface area contributed by atoms with Crippen molar-refractivity contribution in [2.24, 2.45) is 0 Å². The Morgan fingerprint density at radius 1 is 1.42 bits per heavy atom. The van der Waals surface area contributed by atoms with Crippen molar-refractivity contribution < 1.29 is 14.3 Å². The van der Waals surface area contributed by atoms with Crippen LogP contribution in [0.2, 0.25) is 0 Å². The number of carboxylic acids is 1. The average Bonchev–Trinajstić information content (AvgIpc) is 3.10. The van der Waals surface area contributed by atoms with Crippen LogP contribution in [0.3, 0.4) is 0 Å². The fourth-order valence-electron chi connectivity index (χ4n) is 2.08. The van der Waals surface area contributed by atoms with Crippen molar-refractivity contribution in [2.45, 2.75) is 25.3 Å². The highest BCUT2D eigenvalue weighted by Gasteiger charge is 2.25. The number of hydrogen-bond acceptors (Lipinski definition) is 2. The Balaban J connectivity index is 1.78. The maximum absolute atomic E-state index is 13.5. The van der Waals surface area contributed by atoms with Crippen LogP contribution < -0.4 is 0 Å². The minimum atomic E-state index is -1.25. The van der Waals surface area contributed by atoms with Gasteiger partial charge in [0.15, 0.2) is 0 Å². The molecule has 0 radical (unpaired) electrons. The maximum Gasteiger partial charge on any atom is 0.338 e. The van der Waals surface area contributed by atoms with Crippen LogP contribution in [0.4, 0.5) is 4.39 Å². The van der Waals surface area contributed by atoms with Gasteiger partial charge in [0.05, 0.1) is 17.8 Å². The largest absolute Gasteiger partial charge is 0.478 e. The topological polar surface area (TPSA) is 55.1 Å². The minimum Gasteiger partial charge on any atom is -0.478 e. The number of aromatic nitrogens is 2. The smallest absolute Gasteiger partial charge is 0.338 e. The third-order valence-corrected chi connectivity index (χ3v) is 3.27. The molecule has 1 aromatic carbocycles. The SMILES string of the molecule is O=C(O)c1ccc(Cn2ccc(C3CC3)n2)cc1F. The predicted octanol–water partition coefficient (Wildman–Crippen LogP) is 2.65. The van der Waals surface area contributed by atoms with Crippen LogP contribution in [0.1, 0.15) is 40.4 Å². The lowest BCUT2D eigenvalue weighted by molar-refractivity contribution is 0.0692. The Hall–Kier alpha value is -2.17. The number of aromatic carboxylic acids is 1. The number of hydrogen-bond donors (Lipinski definition) is 1. The van der Waals surface area contributed by atoms with E-state index in [1.807, 2.05) is 12.3 Å². The molecular formula is C14H13FN2O2. The molecule has 98 valence electrons. The van der Waals surface area contributed by atoms with E-state index in [2.05, 4.69) is 5.10 Å². The van der Waals surface area contributed by atoms with E-state index in [0.717, 1.165) is 5.69 Å². The molecule has 2 aromatic rings. The molecule has 0 atom stereocenters. The Morgan fingerprint density at radius 3 is 2.84 bits per heavy atom. The number of benzene rings is 1. The van der Waals surface area contributed by atoms with E-state index in [0.29, 0.717) is 18.0 Å². The monoisotopic (exact) mass is 260 g/mol. The highest BCUT2D eigenvalue weighted by molar-refractivity contribution is 5.87. The van der Waals surface area contributed by atoms with Gasteiger partial charge in [-0.2, -0.15) is 5.10 Å². The van der Waals surface area contributed by atoms with Gasteiger partial charge in [-0.3, -0.25) is 4.68 Å². The molecule has 3 rings (SSSR count). The molecular weight excluding hydrogens is 247 g/mol. The second-order valence-electron chi connectivity index (χ2n) is 4.83. The minimum absolute atomic E-state index is 0.303. The van der Waals surface area contributed by atoms with Gasteiger partial charge in [0.25, 0.3) is 0 Å². The summed E-state index contributed by atoms with van der Waals surface area (Å²) in [6.45, 7) is 0.448. The highest BCUT2D eigenvalue weighted by atomic mass is 19.1. The van der Waals surface area contributed by atoms with Crippen LogP contribution in [-0.4, -0.2) is 20.9 Å². The summed E-state index contributed by atoms with van der Waals surface area (Å²) < 4.78 is 15.3. The van der Waals surface area contributed by atoms with Crippen LogP contribution in [0.25, 0.3) is 0 Å². The normalized spacial score (nSPS) is 14.6. The van der Waals surface area contributed by atoms with Crippen LogP contribution >= 0.6 is 0 Å². The zero-order valence-electron chi connectivity index (χ0n) is 10.2. The standard InChI is InChI=1S/C14H13FN2O2/c15-12-7-9(1-4-11(12)14(18)19)8-17-6-5-13(16-17)10-2-3-10/h1,4-7,10H,2-3,8H2,(H,18,19). The molecule has 1 heterocycles. The first-order valence-electron chi connectivity index (χ1n) is 6.18.